The van der Waals surface area contributed by atoms with Crippen molar-refractivity contribution >= 4 is 23.8 Å². The molecule has 1 aromatic rings. The van der Waals surface area contributed by atoms with E-state index in [9.17, 15) is 19.2 Å². The number of benzene rings is 1. The number of hydrazine groups is 1. The summed E-state index contributed by atoms with van der Waals surface area (Å²) in [5, 5.41) is 2.57. The normalized spacial score (nSPS) is 15.3. The Balaban J connectivity index is 1.72. The molecule has 0 aliphatic carbocycles. The minimum atomic E-state index is -0.926. The van der Waals surface area contributed by atoms with Crippen molar-refractivity contribution in [3.05, 3.63) is 29.8 Å². The molecule has 9 nitrogen and oxygen atoms in total. The molecule has 1 fully saturated rings. The van der Waals surface area contributed by atoms with Gasteiger partial charge >= 0.3 is 6.03 Å². The van der Waals surface area contributed by atoms with Crippen LogP contribution < -0.4 is 20.9 Å². The van der Waals surface area contributed by atoms with Gasteiger partial charge in [-0.15, -0.1) is 0 Å². The van der Waals surface area contributed by atoms with E-state index in [-0.39, 0.29) is 18.9 Å². The Labute approximate surface area is 157 Å². The van der Waals surface area contributed by atoms with E-state index in [4.69, 9.17) is 4.74 Å². The fourth-order valence-corrected chi connectivity index (χ4v) is 2.55. The number of carbonyl (C=O) groups excluding carboxylic acids is 4. The number of carbonyl (C=O) groups is 4. The van der Waals surface area contributed by atoms with Gasteiger partial charge in [0.15, 0.2) is 0 Å². The first-order valence-corrected chi connectivity index (χ1v) is 8.70. The summed E-state index contributed by atoms with van der Waals surface area (Å²) in [6, 6.07) is 6.05. The summed E-state index contributed by atoms with van der Waals surface area (Å²) in [7, 11) is 0. The zero-order valence-electron chi connectivity index (χ0n) is 15.6. The summed E-state index contributed by atoms with van der Waals surface area (Å²) in [5.41, 5.74) is 4.08. The van der Waals surface area contributed by atoms with Crippen molar-refractivity contribution in [3.63, 3.8) is 0 Å². The molecule has 0 atom stereocenters. The van der Waals surface area contributed by atoms with Gasteiger partial charge in [-0.05, 0) is 51.5 Å². The maximum Gasteiger partial charge on any atom is 0.325 e. The molecule has 146 valence electrons. The number of hydrogen-bond donors (Lipinski definition) is 3. The lowest BCUT2D eigenvalue weighted by Crippen LogP contribution is -2.42. The van der Waals surface area contributed by atoms with Crippen LogP contribution in [0.2, 0.25) is 0 Å². The third-order valence-corrected chi connectivity index (χ3v) is 3.97. The molecule has 2 rings (SSSR count). The molecule has 27 heavy (non-hydrogen) atoms. The number of nitrogens with zero attached hydrogens (tertiary/aromatic N) is 1. The molecule has 1 aliphatic rings. The van der Waals surface area contributed by atoms with Gasteiger partial charge in [0.25, 0.3) is 11.8 Å². The predicted molar refractivity (Wildman–Crippen MR) is 96.8 cm³/mol. The van der Waals surface area contributed by atoms with Crippen molar-refractivity contribution in [2.45, 2.75) is 39.2 Å². The third kappa shape index (κ3) is 5.19. The number of imide groups is 1. The van der Waals surface area contributed by atoms with Gasteiger partial charge < -0.3 is 10.1 Å². The van der Waals surface area contributed by atoms with Crippen LogP contribution >= 0.6 is 0 Å². The Morgan fingerprint density at radius 3 is 2.37 bits per heavy atom. The van der Waals surface area contributed by atoms with E-state index >= 15 is 0 Å². The van der Waals surface area contributed by atoms with E-state index in [1.54, 1.807) is 38.1 Å². The summed E-state index contributed by atoms with van der Waals surface area (Å²) in [6.45, 7) is 5.77. The highest BCUT2D eigenvalue weighted by Gasteiger charge is 2.43. The van der Waals surface area contributed by atoms with Gasteiger partial charge in [0.2, 0.25) is 5.91 Å². The summed E-state index contributed by atoms with van der Waals surface area (Å²) >= 11 is 0. The van der Waals surface area contributed by atoms with Crippen LogP contribution in [0.25, 0.3) is 0 Å². The fraction of sp³-hybridized carbons (Fsp3) is 0.444. The van der Waals surface area contributed by atoms with Crippen LogP contribution in [0, 0.1) is 0 Å². The molecule has 0 spiro atoms. The molecular formula is C18H24N4O5. The molecule has 0 bridgehead atoms. The van der Waals surface area contributed by atoms with Crippen LogP contribution in [-0.2, 0) is 9.59 Å². The molecule has 1 heterocycles. The van der Waals surface area contributed by atoms with Crippen molar-refractivity contribution in [1.29, 1.82) is 0 Å². The first-order valence-electron chi connectivity index (χ1n) is 8.70. The molecule has 3 N–H and O–H groups in total. The third-order valence-electron chi connectivity index (χ3n) is 3.97. The number of nitrogens with one attached hydrogen (secondary N) is 3. The first kappa shape index (κ1) is 20.2. The average Bonchev–Trinajstić information content (AvgIpc) is 2.82. The van der Waals surface area contributed by atoms with Crippen molar-refractivity contribution in [3.8, 4) is 5.75 Å². The van der Waals surface area contributed by atoms with Gasteiger partial charge in [-0.1, -0.05) is 0 Å². The molecular weight excluding hydrogens is 352 g/mol. The molecule has 1 aliphatic heterocycles. The first-order chi connectivity index (χ1) is 12.7. The zero-order valence-corrected chi connectivity index (χ0v) is 15.6. The minimum absolute atomic E-state index is 0.0566. The number of hydrogen-bond acceptors (Lipinski definition) is 5. The van der Waals surface area contributed by atoms with Crippen LogP contribution in [0.15, 0.2) is 24.3 Å². The van der Waals surface area contributed by atoms with Crippen molar-refractivity contribution in [2.75, 3.05) is 13.2 Å². The quantitative estimate of drug-likeness (QED) is 0.484. The SMILES string of the molecule is CCOc1ccc(C(=O)NNC(=O)CCCN2C(=O)NC(C)(C)C2=O)cc1. The lowest BCUT2D eigenvalue weighted by molar-refractivity contribution is -0.130. The Bertz CT molecular complexity index is 730. The highest BCUT2D eigenvalue weighted by atomic mass is 16.5. The second-order valence-electron chi connectivity index (χ2n) is 6.58. The highest BCUT2D eigenvalue weighted by Crippen LogP contribution is 2.17. The van der Waals surface area contributed by atoms with Crippen molar-refractivity contribution in [2.24, 2.45) is 0 Å². The van der Waals surface area contributed by atoms with E-state index in [1.807, 2.05) is 6.92 Å². The monoisotopic (exact) mass is 376 g/mol. The summed E-state index contributed by atoms with van der Waals surface area (Å²) in [6.07, 6.45) is 0.348. The van der Waals surface area contributed by atoms with Gasteiger partial charge in [0.05, 0.1) is 6.61 Å². The van der Waals surface area contributed by atoms with E-state index < -0.39 is 23.4 Å². The maximum absolute atomic E-state index is 12.0. The number of rotatable bonds is 7. The van der Waals surface area contributed by atoms with E-state index in [0.717, 1.165) is 4.90 Å². The van der Waals surface area contributed by atoms with Gasteiger partial charge in [-0.3, -0.25) is 30.1 Å². The van der Waals surface area contributed by atoms with Crippen molar-refractivity contribution in [1.82, 2.24) is 21.1 Å². The molecule has 1 saturated heterocycles. The Morgan fingerprint density at radius 1 is 1.15 bits per heavy atom. The number of amides is 5. The van der Waals surface area contributed by atoms with Crippen LogP contribution in [0.5, 0.6) is 5.75 Å². The molecule has 0 saturated carbocycles. The minimum Gasteiger partial charge on any atom is -0.494 e. The zero-order chi connectivity index (χ0) is 20.0. The lowest BCUT2D eigenvalue weighted by Gasteiger charge is -2.15. The van der Waals surface area contributed by atoms with Gasteiger partial charge in [-0.2, -0.15) is 0 Å². The van der Waals surface area contributed by atoms with Gasteiger partial charge in [0.1, 0.15) is 11.3 Å². The van der Waals surface area contributed by atoms with E-state index in [1.165, 1.54) is 0 Å². The van der Waals surface area contributed by atoms with Gasteiger partial charge in [-0.25, -0.2) is 4.79 Å². The summed E-state index contributed by atoms with van der Waals surface area (Å²) < 4.78 is 5.30. The van der Waals surface area contributed by atoms with E-state index in [2.05, 4.69) is 16.2 Å². The molecule has 1 aromatic carbocycles. The Kier molecular flexibility index (Phi) is 6.38. The van der Waals surface area contributed by atoms with Crippen LogP contribution in [0.1, 0.15) is 44.0 Å². The predicted octanol–water partition coefficient (Wildman–Crippen LogP) is 0.957. The fourth-order valence-electron chi connectivity index (χ4n) is 2.55. The maximum atomic E-state index is 12.0. The number of urea groups is 1. The molecule has 0 radical (unpaired) electrons. The van der Waals surface area contributed by atoms with Crippen LogP contribution in [-0.4, -0.2) is 47.3 Å². The standard InChI is InChI=1S/C18H24N4O5/c1-4-27-13-9-7-12(8-10-13)15(24)21-20-14(23)6-5-11-22-16(25)18(2,3)19-17(22)26/h7-10H,4-6,11H2,1-3H3,(H,19,26)(H,20,23)(H,21,24). The van der Waals surface area contributed by atoms with Crippen LogP contribution in [0.3, 0.4) is 0 Å². The largest absolute Gasteiger partial charge is 0.494 e. The van der Waals surface area contributed by atoms with Crippen molar-refractivity contribution < 1.29 is 23.9 Å². The molecule has 0 unspecified atom stereocenters. The summed E-state index contributed by atoms with van der Waals surface area (Å²) in [4.78, 5) is 48.7. The number of ether oxygens (including phenoxy) is 1. The second kappa shape index (κ2) is 8.52. The lowest BCUT2D eigenvalue weighted by atomic mass is 10.1. The summed E-state index contributed by atoms with van der Waals surface area (Å²) in [5.74, 6) is -0.540. The average molecular weight is 376 g/mol. The Morgan fingerprint density at radius 2 is 1.81 bits per heavy atom. The topological polar surface area (TPSA) is 117 Å². The van der Waals surface area contributed by atoms with E-state index in [0.29, 0.717) is 24.3 Å². The second-order valence-corrected chi connectivity index (χ2v) is 6.58. The molecule has 9 heteroatoms. The molecule has 5 amide bonds. The van der Waals surface area contributed by atoms with Gasteiger partial charge in [0, 0.05) is 18.5 Å². The Hall–Kier alpha value is -3.10. The highest BCUT2D eigenvalue weighted by molar-refractivity contribution is 6.06. The van der Waals surface area contributed by atoms with Crippen LogP contribution in [0.4, 0.5) is 4.79 Å². The molecule has 0 aromatic heterocycles. The smallest absolute Gasteiger partial charge is 0.325 e.